The molecule has 0 heterocycles. The SMILES string of the molecule is CCCCN(CCCC)CCCN.CN(C)CCN. The van der Waals surface area contributed by atoms with Crippen LogP contribution >= 0.6 is 0 Å². The minimum atomic E-state index is 0.757. The number of nitrogens with two attached hydrogens (primary N) is 2. The zero-order chi connectivity index (χ0) is 14.9. The van der Waals surface area contributed by atoms with E-state index in [9.17, 15) is 0 Å². The summed E-state index contributed by atoms with van der Waals surface area (Å²) in [6, 6.07) is 0. The largest absolute Gasteiger partial charge is 0.330 e. The Balaban J connectivity index is 0. The van der Waals surface area contributed by atoms with Gasteiger partial charge in [-0.2, -0.15) is 0 Å². The second kappa shape index (κ2) is 17.8. The monoisotopic (exact) mass is 274 g/mol. The Labute approximate surface area is 121 Å². The zero-order valence-electron chi connectivity index (χ0n) is 13.8. The molecule has 19 heavy (non-hydrogen) atoms. The van der Waals surface area contributed by atoms with E-state index in [2.05, 4.69) is 23.6 Å². The molecule has 0 spiro atoms. The fourth-order valence-corrected chi connectivity index (χ4v) is 1.67. The molecular formula is C15H38N4. The van der Waals surface area contributed by atoms with Crippen molar-refractivity contribution in [3.05, 3.63) is 0 Å². The van der Waals surface area contributed by atoms with Crippen LogP contribution < -0.4 is 11.5 Å². The highest BCUT2D eigenvalue weighted by Gasteiger charge is 2.01. The molecule has 0 saturated carbocycles. The Bertz CT molecular complexity index is 132. The van der Waals surface area contributed by atoms with Crippen LogP contribution in [-0.2, 0) is 0 Å². The molecule has 0 saturated heterocycles. The molecule has 0 aliphatic heterocycles. The third-order valence-corrected chi connectivity index (χ3v) is 2.91. The minimum absolute atomic E-state index is 0.757. The first-order chi connectivity index (χ1) is 9.12. The van der Waals surface area contributed by atoms with Gasteiger partial charge in [0, 0.05) is 13.1 Å². The van der Waals surface area contributed by atoms with Gasteiger partial charge in [0.2, 0.25) is 0 Å². The lowest BCUT2D eigenvalue weighted by molar-refractivity contribution is 0.263. The Kier molecular flexibility index (Phi) is 19.9. The molecule has 0 fully saturated rings. The van der Waals surface area contributed by atoms with Crippen molar-refractivity contribution < 1.29 is 0 Å². The molecule has 118 valence electrons. The summed E-state index contributed by atoms with van der Waals surface area (Å²) < 4.78 is 0. The Morgan fingerprint density at radius 3 is 1.42 bits per heavy atom. The van der Waals surface area contributed by atoms with Crippen molar-refractivity contribution in [1.82, 2.24) is 9.80 Å². The molecule has 0 aliphatic rings. The predicted molar refractivity (Wildman–Crippen MR) is 87.5 cm³/mol. The lowest BCUT2D eigenvalue weighted by Crippen LogP contribution is -2.28. The number of hydrogen-bond donors (Lipinski definition) is 2. The molecule has 0 aromatic rings. The lowest BCUT2D eigenvalue weighted by atomic mass is 10.2. The lowest BCUT2D eigenvalue weighted by Gasteiger charge is -2.21. The molecule has 0 radical (unpaired) electrons. The van der Waals surface area contributed by atoms with E-state index in [1.807, 2.05) is 14.1 Å². The van der Waals surface area contributed by atoms with Gasteiger partial charge in [-0.05, 0) is 59.5 Å². The van der Waals surface area contributed by atoms with E-state index < -0.39 is 0 Å². The van der Waals surface area contributed by atoms with Crippen molar-refractivity contribution in [2.75, 3.05) is 53.4 Å². The highest BCUT2D eigenvalue weighted by atomic mass is 15.1. The van der Waals surface area contributed by atoms with Crippen LogP contribution in [0, 0.1) is 0 Å². The van der Waals surface area contributed by atoms with Gasteiger partial charge in [-0.1, -0.05) is 26.7 Å². The van der Waals surface area contributed by atoms with E-state index >= 15 is 0 Å². The van der Waals surface area contributed by atoms with Crippen LogP contribution in [0.4, 0.5) is 0 Å². The highest BCUT2D eigenvalue weighted by molar-refractivity contribution is 4.58. The number of unbranched alkanes of at least 4 members (excludes halogenated alkanes) is 2. The van der Waals surface area contributed by atoms with E-state index in [1.54, 1.807) is 0 Å². The third kappa shape index (κ3) is 20.3. The first-order valence-corrected chi connectivity index (χ1v) is 7.89. The number of rotatable bonds is 11. The molecule has 0 bridgehead atoms. The van der Waals surface area contributed by atoms with Crippen molar-refractivity contribution in [3.8, 4) is 0 Å². The van der Waals surface area contributed by atoms with Crippen molar-refractivity contribution in [3.63, 3.8) is 0 Å². The standard InChI is InChI=1S/C11H26N2.C4H12N2/c1-3-5-9-13(10-6-4-2)11-7-8-12;1-6(2)4-3-5/h3-12H2,1-2H3;3-5H2,1-2H3. The van der Waals surface area contributed by atoms with Crippen LogP contribution in [0.3, 0.4) is 0 Å². The molecule has 0 amide bonds. The van der Waals surface area contributed by atoms with E-state index in [-0.39, 0.29) is 0 Å². The number of likely N-dealkylation sites (N-methyl/N-ethyl adjacent to an activating group) is 1. The van der Waals surface area contributed by atoms with Crippen LogP contribution in [0.15, 0.2) is 0 Å². The van der Waals surface area contributed by atoms with E-state index in [4.69, 9.17) is 11.5 Å². The molecule has 0 aromatic heterocycles. The average molecular weight is 274 g/mol. The number of nitrogens with zero attached hydrogens (tertiary/aromatic N) is 2. The molecule has 4 nitrogen and oxygen atoms in total. The number of hydrogen-bond acceptors (Lipinski definition) is 4. The third-order valence-electron chi connectivity index (χ3n) is 2.91. The Hall–Kier alpha value is -0.160. The zero-order valence-corrected chi connectivity index (χ0v) is 13.8. The molecule has 4 N–H and O–H groups in total. The van der Waals surface area contributed by atoms with E-state index in [1.165, 1.54) is 45.3 Å². The van der Waals surface area contributed by atoms with Gasteiger partial charge in [0.05, 0.1) is 0 Å². The van der Waals surface area contributed by atoms with Crippen LogP contribution in [0.2, 0.25) is 0 Å². The van der Waals surface area contributed by atoms with Gasteiger partial charge in [0.15, 0.2) is 0 Å². The van der Waals surface area contributed by atoms with Crippen molar-refractivity contribution in [1.29, 1.82) is 0 Å². The summed E-state index contributed by atoms with van der Waals surface area (Å²) in [6.45, 7) is 10.8. The topological polar surface area (TPSA) is 58.5 Å². The first-order valence-electron chi connectivity index (χ1n) is 7.89. The van der Waals surface area contributed by atoms with Gasteiger partial charge in [-0.3, -0.25) is 0 Å². The first kappa shape index (κ1) is 21.1. The van der Waals surface area contributed by atoms with Crippen molar-refractivity contribution >= 4 is 0 Å². The molecule has 0 rings (SSSR count). The maximum atomic E-state index is 5.51. The molecular weight excluding hydrogens is 236 g/mol. The van der Waals surface area contributed by atoms with Crippen molar-refractivity contribution in [2.45, 2.75) is 46.0 Å². The maximum absolute atomic E-state index is 5.51. The average Bonchev–Trinajstić information content (AvgIpc) is 2.38. The second-order valence-corrected chi connectivity index (χ2v) is 5.28. The Morgan fingerprint density at radius 2 is 1.16 bits per heavy atom. The molecule has 0 unspecified atom stereocenters. The van der Waals surface area contributed by atoms with Gasteiger partial charge in [-0.25, -0.2) is 0 Å². The predicted octanol–water partition coefficient (Wildman–Crippen LogP) is 1.74. The van der Waals surface area contributed by atoms with Gasteiger partial charge in [0.1, 0.15) is 0 Å². The van der Waals surface area contributed by atoms with Crippen LogP contribution in [0.25, 0.3) is 0 Å². The summed E-state index contributed by atoms with van der Waals surface area (Å²) in [5.41, 5.74) is 10.7. The normalized spacial score (nSPS) is 10.7. The van der Waals surface area contributed by atoms with E-state index in [0.717, 1.165) is 26.1 Å². The van der Waals surface area contributed by atoms with E-state index in [0.29, 0.717) is 0 Å². The summed E-state index contributed by atoms with van der Waals surface area (Å²) in [7, 11) is 4.01. The van der Waals surface area contributed by atoms with Crippen LogP contribution in [0.5, 0.6) is 0 Å². The van der Waals surface area contributed by atoms with Gasteiger partial charge >= 0.3 is 0 Å². The molecule has 0 aromatic carbocycles. The Morgan fingerprint density at radius 1 is 0.684 bits per heavy atom. The quantitative estimate of drug-likeness (QED) is 0.602. The smallest absolute Gasteiger partial charge is 0.00985 e. The van der Waals surface area contributed by atoms with Crippen molar-refractivity contribution in [2.24, 2.45) is 11.5 Å². The maximum Gasteiger partial charge on any atom is 0.00985 e. The summed E-state index contributed by atoms with van der Waals surface area (Å²) in [5.74, 6) is 0. The summed E-state index contributed by atoms with van der Waals surface area (Å²) in [5, 5.41) is 0. The van der Waals surface area contributed by atoms with Gasteiger partial charge < -0.3 is 21.3 Å². The molecule has 0 aliphatic carbocycles. The van der Waals surface area contributed by atoms with Crippen LogP contribution in [0.1, 0.15) is 46.0 Å². The summed E-state index contributed by atoms with van der Waals surface area (Å²) in [6.07, 6.45) is 6.40. The van der Waals surface area contributed by atoms with Gasteiger partial charge in [-0.15, -0.1) is 0 Å². The second-order valence-electron chi connectivity index (χ2n) is 5.28. The summed E-state index contributed by atoms with van der Waals surface area (Å²) >= 11 is 0. The molecule has 4 heteroatoms. The van der Waals surface area contributed by atoms with Crippen LogP contribution in [-0.4, -0.2) is 63.2 Å². The fraction of sp³-hybridized carbons (Fsp3) is 1.00. The summed E-state index contributed by atoms with van der Waals surface area (Å²) in [4.78, 5) is 4.61. The van der Waals surface area contributed by atoms with Gasteiger partial charge in [0.25, 0.3) is 0 Å². The highest BCUT2D eigenvalue weighted by Crippen LogP contribution is 1.99. The minimum Gasteiger partial charge on any atom is -0.330 e. The molecule has 0 atom stereocenters. The fourth-order valence-electron chi connectivity index (χ4n) is 1.67.